The normalized spacial score (nSPS) is 14.1. The maximum absolute atomic E-state index is 12.9. The molecule has 2 unspecified atom stereocenters. The lowest BCUT2D eigenvalue weighted by molar-refractivity contribution is -0.870. The predicted octanol–water partition coefficient (Wildman–Crippen LogP) is 26.0. The Kier molecular flexibility index (Phi) is 72.5. The highest BCUT2D eigenvalue weighted by Gasteiger charge is 2.22. The van der Waals surface area contributed by atoms with Crippen LogP contribution in [0.4, 0.5) is 0 Å². The summed E-state index contributed by atoms with van der Waals surface area (Å²) in [5.74, 6) is -0.844. The van der Waals surface area contributed by atoms with E-state index in [1.54, 1.807) is 0 Å². The number of carbonyl (C=O) groups excluding carboxylic acids is 2. The highest BCUT2D eigenvalue weighted by molar-refractivity contribution is 7.45. The summed E-state index contributed by atoms with van der Waals surface area (Å²) in [6, 6.07) is 0. The average molecular weight is 1380 g/mol. The van der Waals surface area contributed by atoms with Gasteiger partial charge in [0.15, 0.2) is 6.10 Å². The first kappa shape index (κ1) is 93.1. The zero-order valence-corrected chi connectivity index (χ0v) is 64.3. The van der Waals surface area contributed by atoms with Crippen LogP contribution in [0.15, 0.2) is 182 Å². The number of rotatable bonds is 71. The highest BCUT2D eigenvalue weighted by atomic mass is 31.2. The Bertz CT molecular complexity index is 2320. The fraction of sp³-hybridized carbons (Fsp3) is 0.636. The van der Waals surface area contributed by atoms with Gasteiger partial charge in [-0.3, -0.25) is 14.2 Å². The van der Waals surface area contributed by atoms with Crippen LogP contribution in [0.2, 0.25) is 0 Å². The van der Waals surface area contributed by atoms with Gasteiger partial charge in [-0.15, -0.1) is 0 Å². The number of allylic oxidation sites excluding steroid dienone is 30. The lowest BCUT2D eigenvalue weighted by Gasteiger charge is -2.28. The number of hydrogen-bond donors (Lipinski definition) is 0. The van der Waals surface area contributed by atoms with Gasteiger partial charge in [-0.1, -0.05) is 344 Å². The zero-order chi connectivity index (χ0) is 71.1. The van der Waals surface area contributed by atoms with E-state index in [0.29, 0.717) is 17.4 Å². The van der Waals surface area contributed by atoms with Gasteiger partial charge in [0.1, 0.15) is 19.8 Å². The summed E-state index contributed by atoms with van der Waals surface area (Å²) in [6.45, 7) is 4.01. The summed E-state index contributed by atoms with van der Waals surface area (Å²) in [5.41, 5.74) is 0. The second-order valence-electron chi connectivity index (χ2n) is 27.0. The van der Waals surface area contributed by atoms with Gasteiger partial charge in [-0.25, -0.2) is 0 Å². The third kappa shape index (κ3) is 80.1. The average Bonchev–Trinajstić information content (AvgIpc) is 1.08. The molecule has 0 rings (SSSR count). The van der Waals surface area contributed by atoms with Crippen molar-refractivity contribution in [3.63, 3.8) is 0 Å². The van der Waals surface area contributed by atoms with Gasteiger partial charge in [-0.05, 0) is 135 Å². The van der Waals surface area contributed by atoms with E-state index in [2.05, 4.69) is 196 Å². The molecule has 0 radical (unpaired) electrons. The van der Waals surface area contributed by atoms with Gasteiger partial charge >= 0.3 is 11.9 Å². The van der Waals surface area contributed by atoms with E-state index in [1.165, 1.54) is 135 Å². The van der Waals surface area contributed by atoms with Crippen LogP contribution in [-0.2, 0) is 32.7 Å². The molecule has 556 valence electrons. The van der Waals surface area contributed by atoms with Crippen molar-refractivity contribution < 1.29 is 42.1 Å². The third-order valence-corrected chi connectivity index (χ3v) is 17.4. The lowest BCUT2D eigenvalue weighted by atomic mass is 10.0. The Morgan fingerprint density at radius 1 is 0.316 bits per heavy atom. The minimum atomic E-state index is -4.66. The van der Waals surface area contributed by atoms with Crippen LogP contribution in [0.5, 0.6) is 0 Å². The smallest absolute Gasteiger partial charge is 0.306 e. The number of hydrogen-bond acceptors (Lipinski definition) is 8. The Labute approximate surface area is 603 Å². The molecule has 0 aliphatic carbocycles. The van der Waals surface area contributed by atoms with Crippen molar-refractivity contribution >= 4 is 19.8 Å². The molecule has 0 aromatic rings. The number of nitrogens with zero attached hydrogens (tertiary/aromatic N) is 1. The first-order valence-corrected chi connectivity index (χ1v) is 41.0. The molecule has 0 aliphatic heterocycles. The molecule has 98 heavy (non-hydrogen) atoms. The lowest BCUT2D eigenvalue weighted by Crippen LogP contribution is -2.37. The number of quaternary nitrogens is 1. The standard InChI is InChI=1S/C88H146NO8P/c1-6-8-10-12-14-16-18-20-22-24-26-28-30-32-34-36-38-40-41-42-43-44-45-46-47-49-50-52-54-56-58-60-62-64-66-68-70-72-74-76-78-80-87(90)94-84-86(85-96-98(92,93)95-83-82-89(3,4)5)97-88(91)81-79-77-75-73-71-69-67-65-63-61-59-57-55-53-51-48-39-37-35-33-31-29-27-25-23-21-19-17-15-13-11-9-7-2/h8-11,14-17,20-23,26-29,32-35,38-40,42-43,48,53,55,59,61,86H,6-7,12-13,18-19,24-25,30-31,36-37,41,44-47,49-52,54,56-58,60,62-85H2,1-5H3/b10-8-,11-9-,16-14-,17-15-,22-20-,23-21-,28-26-,29-27-,34-32-,35-33-,40-38-,43-42-,48-39-,55-53-,61-59-. The van der Waals surface area contributed by atoms with E-state index in [9.17, 15) is 19.0 Å². The topological polar surface area (TPSA) is 111 Å². The number of phosphoric acid groups is 1. The minimum Gasteiger partial charge on any atom is -0.756 e. The van der Waals surface area contributed by atoms with E-state index in [1.807, 2.05) is 21.1 Å². The van der Waals surface area contributed by atoms with Gasteiger partial charge < -0.3 is 27.9 Å². The van der Waals surface area contributed by atoms with Crippen LogP contribution >= 0.6 is 7.82 Å². The van der Waals surface area contributed by atoms with E-state index in [0.717, 1.165) is 141 Å². The van der Waals surface area contributed by atoms with Crippen molar-refractivity contribution in [2.45, 2.75) is 315 Å². The number of esters is 2. The SMILES string of the molecule is CC/C=C\C/C=C\C/C=C\C/C=C\C/C=C\C/C=C\C/C=C\C/C=C\CCCCCCCCCCC(=O)OC(COC(=O)CCCCCCCCCCCCCCCCCCCCC/C=C\C/C=C\C/C=C\C/C=C\C/C=C\C/C=C\C/C=C\CC)COP(=O)([O-])OCC[N+](C)(C)C. The quantitative estimate of drug-likeness (QED) is 0.0195. The molecule has 0 aromatic heterocycles. The van der Waals surface area contributed by atoms with E-state index in [-0.39, 0.29) is 32.0 Å². The predicted molar refractivity (Wildman–Crippen MR) is 424 cm³/mol. The van der Waals surface area contributed by atoms with Crippen LogP contribution in [0.25, 0.3) is 0 Å². The number of phosphoric ester groups is 1. The number of carbonyl (C=O) groups is 2. The van der Waals surface area contributed by atoms with Crippen LogP contribution in [0.1, 0.15) is 309 Å². The Balaban J connectivity index is 4.03. The molecule has 9 nitrogen and oxygen atoms in total. The fourth-order valence-electron chi connectivity index (χ4n) is 10.5. The molecule has 0 saturated heterocycles. The van der Waals surface area contributed by atoms with Gasteiger partial charge in [-0.2, -0.15) is 0 Å². The summed E-state index contributed by atoms with van der Waals surface area (Å²) in [7, 11) is 1.15. The van der Waals surface area contributed by atoms with Gasteiger partial charge in [0.05, 0.1) is 27.7 Å². The molecular weight excluding hydrogens is 1230 g/mol. The maximum atomic E-state index is 12.9. The van der Waals surface area contributed by atoms with Crippen molar-refractivity contribution in [2.75, 3.05) is 47.5 Å². The van der Waals surface area contributed by atoms with Crippen LogP contribution < -0.4 is 4.89 Å². The first-order chi connectivity index (χ1) is 48.0. The van der Waals surface area contributed by atoms with Gasteiger partial charge in [0, 0.05) is 12.8 Å². The molecular formula is C88H146NO8P. The minimum absolute atomic E-state index is 0.0397. The monoisotopic (exact) mass is 1380 g/mol. The Morgan fingerprint density at radius 2 is 0.551 bits per heavy atom. The van der Waals surface area contributed by atoms with Crippen LogP contribution in [0.3, 0.4) is 0 Å². The summed E-state index contributed by atoms with van der Waals surface area (Å²) in [5, 5.41) is 0. The molecule has 0 spiro atoms. The molecule has 0 aliphatic rings. The van der Waals surface area contributed by atoms with E-state index < -0.39 is 26.5 Å². The maximum Gasteiger partial charge on any atom is 0.306 e. The number of likely N-dealkylation sites (N-methyl/N-ethyl adjacent to an activating group) is 1. The highest BCUT2D eigenvalue weighted by Crippen LogP contribution is 2.38. The molecule has 0 aromatic carbocycles. The first-order valence-electron chi connectivity index (χ1n) is 39.5. The molecule has 0 saturated carbocycles. The largest absolute Gasteiger partial charge is 0.756 e. The third-order valence-electron chi connectivity index (χ3n) is 16.4. The van der Waals surface area contributed by atoms with Crippen molar-refractivity contribution in [2.24, 2.45) is 0 Å². The summed E-state index contributed by atoms with van der Waals surface area (Å²) in [6.07, 6.45) is 117. The van der Waals surface area contributed by atoms with Gasteiger partial charge in [0.2, 0.25) is 0 Å². The summed E-state index contributed by atoms with van der Waals surface area (Å²) in [4.78, 5) is 38.2. The van der Waals surface area contributed by atoms with Crippen LogP contribution in [-0.4, -0.2) is 70.0 Å². The second kappa shape index (κ2) is 76.3. The second-order valence-corrected chi connectivity index (χ2v) is 28.4. The molecule has 0 bridgehead atoms. The Hall–Kier alpha value is -4.89. The number of ether oxygens (including phenoxy) is 2. The van der Waals surface area contributed by atoms with Crippen molar-refractivity contribution in [1.82, 2.24) is 0 Å². The molecule has 10 heteroatoms. The molecule has 0 N–H and O–H groups in total. The fourth-order valence-corrected chi connectivity index (χ4v) is 11.2. The summed E-state index contributed by atoms with van der Waals surface area (Å²) < 4.78 is 34.4. The van der Waals surface area contributed by atoms with E-state index in [4.69, 9.17) is 18.5 Å². The van der Waals surface area contributed by atoms with Gasteiger partial charge in [0.25, 0.3) is 7.82 Å². The van der Waals surface area contributed by atoms with Crippen molar-refractivity contribution in [3.05, 3.63) is 182 Å². The zero-order valence-electron chi connectivity index (χ0n) is 63.4. The Morgan fingerprint density at radius 3 is 0.816 bits per heavy atom. The number of unbranched alkanes of at least 4 members (excludes halogenated alkanes) is 27. The molecule has 0 fully saturated rings. The summed E-state index contributed by atoms with van der Waals surface area (Å²) >= 11 is 0. The molecule has 2 atom stereocenters. The van der Waals surface area contributed by atoms with Crippen molar-refractivity contribution in [1.29, 1.82) is 0 Å². The molecule has 0 amide bonds. The van der Waals surface area contributed by atoms with Crippen molar-refractivity contribution in [3.8, 4) is 0 Å². The van der Waals surface area contributed by atoms with Crippen LogP contribution in [0, 0.1) is 0 Å². The van der Waals surface area contributed by atoms with E-state index >= 15 is 0 Å². The molecule has 0 heterocycles.